The van der Waals surface area contributed by atoms with Gasteiger partial charge in [0.1, 0.15) is 17.7 Å². The highest BCUT2D eigenvalue weighted by molar-refractivity contribution is 5.87. The Labute approximate surface area is 121 Å². The third-order valence-electron chi connectivity index (χ3n) is 3.54. The van der Waals surface area contributed by atoms with Gasteiger partial charge in [-0.05, 0) is 42.5 Å². The van der Waals surface area contributed by atoms with Crippen molar-refractivity contribution in [1.29, 1.82) is 0 Å². The first kappa shape index (κ1) is 11.9. The number of carbonyl (C=O) groups excluding carboxylic acids is 1. The molecule has 0 N–H and O–H groups in total. The van der Waals surface area contributed by atoms with E-state index < -0.39 is 0 Å². The lowest BCUT2D eigenvalue weighted by Gasteiger charge is -2.05. The van der Waals surface area contributed by atoms with Gasteiger partial charge in [-0.1, -0.05) is 18.2 Å². The van der Waals surface area contributed by atoms with Gasteiger partial charge in [0.15, 0.2) is 5.76 Å². The molecule has 0 fully saturated rings. The fourth-order valence-corrected chi connectivity index (χ4v) is 2.46. The van der Waals surface area contributed by atoms with E-state index in [4.69, 9.17) is 4.42 Å². The Hall–Kier alpha value is -2.94. The Morgan fingerprint density at radius 3 is 2.76 bits per heavy atom. The van der Waals surface area contributed by atoms with Crippen molar-refractivity contribution < 1.29 is 9.21 Å². The van der Waals surface area contributed by atoms with Crippen LogP contribution in [0.25, 0.3) is 33.7 Å². The summed E-state index contributed by atoms with van der Waals surface area (Å²) in [6, 6.07) is 19.2. The average molecular weight is 273 g/mol. The summed E-state index contributed by atoms with van der Waals surface area (Å²) < 4.78 is 5.86. The van der Waals surface area contributed by atoms with Crippen molar-refractivity contribution >= 4 is 17.2 Å². The van der Waals surface area contributed by atoms with E-state index in [0.29, 0.717) is 5.56 Å². The van der Waals surface area contributed by atoms with Gasteiger partial charge in [-0.2, -0.15) is 0 Å². The summed E-state index contributed by atoms with van der Waals surface area (Å²) in [6.07, 6.45) is 0.839. The molecule has 1 aromatic heterocycles. The fourth-order valence-electron chi connectivity index (χ4n) is 2.46. The van der Waals surface area contributed by atoms with Gasteiger partial charge in [-0.25, -0.2) is 4.98 Å². The van der Waals surface area contributed by atoms with E-state index in [9.17, 15) is 4.79 Å². The van der Waals surface area contributed by atoms with Crippen LogP contribution in [0.3, 0.4) is 0 Å². The molecular weight excluding hydrogens is 262 g/mol. The summed E-state index contributed by atoms with van der Waals surface area (Å²) in [7, 11) is 0. The van der Waals surface area contributed by atoms with E-state index in [2.05, 4.69) is 4.98 Å². The molecule has 0 radical (unpaired) electrons. The summed E-state index contributed by atoms with van der Waals surface area (Å²) in [5, 5.41) is 0.942. The molecule has 0 saturated carbocycles. The number of fused-ring (bicyclic) bond motifs is 2. The van der Waals surface area contributed by atoms with Crippen LogP contribution in [0.15, 0.2) is 65.1 Å². The average Bonchev–Trinajstić information content (AvgIpc) is 3.01. The molecule has 2 aliphatic rings. The van der Waals surface area contributed by atoms with E-state index >= 15 is 0 Å². The Morgan fingerprint density at radius 1 is 0.905 bits per heavy atom. The molecule has 21 heavy (non-hydrogen) atoms. The maximum atomic E-state index is 10.8. The largest absolute Gasteiger partial charge is 0.454 e. The summed E-state index contributed by atoms with van der Waals surface area (Å²) in [6.45, 7) is 0. The van der Waals surface area contributed by atoms with Gasteiger partial charge in [0.05, 0.1) is 5.52 Å². The molecule has 100 valence electrons. The maximum Gasteiger partial charge on any atom is 0.153 e. The van der Waals surface area contributed by atoms with Crippen LogP contribution in [0.5, 0.6) is 0 Å². The van der Waals surface area contributed by atoms with Crippen LogP contribution >= 0.6 is 0 Å². The minimum absolute atomic E-state index is 0.653. The number of pyridine rings is 1. The number of hydrogen-bond donors (Lipinski definition) is 0. The molecule has 4 rings (SSSR count). The molecule has 1 aliphatic heterocycles. The van der Waals surface area contributed by atoms with Gasteiger partial charge in [-0.15, -0.1) is 0 Å². The lowest BCUT2D eigenvalue weighted by atomic mass is 10.1. The molecule has 3 nitrogen and oxygen atoms in total. The topological polar surface area (TPSA) is 43.1 Å². The third-order valence-corrected chi connectivity index (χ3v) is 3.54. The molecule has 0 atom stereocenters. The highest BCUT2D eigenvalue weighted by Crippen LogP contribution is 2.29. The van der Waals surface area contributed by atoms with Crippen LogP contribution in [0, 0.1) is 0 Å². The van der Waals surface area contributed by atoms with Crippen molar-refractivity contribution in [3.63, 3.8) is 0 Å². The lowest BCUT2D eigenvalue weighted by molar-refractivity contribution is 0.112. The van der Waals surface area contributed by atoms with Crippen molar-refractivity contribution in [2.75, 3.05) is 0 Å². The number of aldehydes is 1. The molecule has 0 unspecified atom stereocenters. The third kappa shape index (κ3) is 1.99. The smallest absolute Gasteiger partial charge is 0.153 e. The van der Waals surface area contributed by atoms with Crippen molar-refractivity contribution in [2.45, 2.75) is 0 Å². The van der Waals surface area contributed by atoms with Gasteiger partial charge < -0.3 is 4.42 Å². The highest BCUT2D eigenvalue weighted by atomic mass is 16.3. The minimum Gasteiger partial charge on any atom is -0.454 e. The molecule has 0 spiro atoms. The Balaban J connectivity index is 1.86. The maximum absolute atomic E-state index is 10.8. The van der Waals surface area contributed by atoms with Gasteiger partial charge >= 0.3 is 0 Å². The summed E-state index contributed by atoms with van der Waals surface area (Å²) >= 11 is 0. The van der Waals surface area contributed by atoms with E-state index in [1.165, 1.54) is 0 Å². The van der Waals surface area contributed by atoms with Gasteiger partial charge in [-0.3, -0.25) is 4.79 Å². The van der Waals surface area contributed by atoms with E-state index in [-0.39, 0.29) is 0 Å². The molecule has 0 bridgehead atoms. The summed E-state index contributed by atoms with van der Waals surface area (Å²) in [5.74, 6) is 1.58. The first-order chi connectivity index (χ1) is 10.3. The van der Waals surface area contributed by atoms with Crippen molar-refractivity contribution in [3.05, 3.63) is 66.2 Å². The first-order valence-corrected chi connectivity index (χ1v) is 6.68. The van der Waals surface area contributed by atoms with Crippen molar-refractivity contribution in [1.82, 2.24) is 4.98 Å². The zero-order valence-electron chi connectivity index (χ0n) is 11.1. The zero-order valence-corrected chi connectivity index (χ0v) is 11.1. The SMILES string of the molecule is O=Cc1ccc2nc(-c3ccc4cccc-4o3)ccc2c1. The van der Waals surface area contributed by atoms with Gasteiger partial charge in [0.25, 0.3) is 0 Å². The zero-order chi connectivity index (χ0) is 14.2. The Morgan fingerprint density at radius 2 is 1.86 bits per heavy atom. The van der Waals surface area contributed by atoms with Crippen molar-refractivity contribution in [2.24, 2.45) is 0 Å². The second-order valence-corrected chi connectivity index (χ2v) is 4.91. The van der Waals surface area contributed by atoms with Crippen molar-refractivity contribution in [3.8, 4) is 22.8 Å². The van der Waals surface area contributed by atoms with E-state index in [0.717, 1.165) is 40.0 Å². The molecule has 2 aromatic rings. The monoisotopic (exact) mass is 273 g/mol. The Kier molecular flexibility index (Phi) is 2.57. The molecule has 1 aromatic carbocycles. The van der Waals surface area contributed by atoms with Crippen LogP contribution in [0.4, 0.5) is 0 Å². The standard InChI is InChI=1S/C18H11NO2/c20-11-12-4-7-15-14(10-12)5-8-16(19-15)18-9-6-13-2-1-3-17(13)21-18/h1-11H. The number of rotatable bonds is 2. The molecule has 3 heteroatoms. The first-order valence-electron chi connectivity index (χ1n) is 6.68. The molecule has 2 heterocycles. The predicted octanol–water partition coefficient (Wildman–Crippen LogP) is 4.41. The number of nitrogens with zero attached hydrogens (tertiary/aromatic N) is 1. The van der Waals surface area contributed by atoms with Gasteiger partial charge in [0, 0.05) is 16.5 Å². The Bertz CT molecular complexity index is 923. The van der Waals surface area contributed by atoms with E-state index in [1.54, 1.807) is 6.07 Å². The normalized spacial score (nSPS) is 11.0. The van der Waals surface area contributed by atoms with Gasteiger partial charge in [0.2, 0.25) is 0 Å². The van der Waals surface area contributed by atoms with Crippen LogP contribution in [0.1, 0.15) is 10.4 Å². The molecule has 1 aliphatic carbocycles. The molecule has 0 amide bonds. The van der Waals surface area contributed by atoms with Crippen LogP contribution in [-0.2, 0) is 0 Å². The number of hydrogen-bond acceptors (Lipinski definition) is 3. The van der Waals surface area contributed by atoms with E-state index in [1.807, 2.05) is 54.6 Å². The molecule has 0 saturated heterocycles. The number of aromatic nitrogens is 1. The summed E-state index contributed by atoms with van der Waals surface area (Å²) in [5.41, 5.74) is 3.36. The predicted molar refractivity (Wildman–Crippen MR) is 81.5 cm³/mol. The number of carbonyl (C=O) groups is 1. The minimum atomic E-state index is 0.653. The van der Waals surface area contributed by atoms with Crippen LogP contribution in [-0.4, -0.2) is 11.3 Å². The number of benzene rings is 1. The lowest BCUT2D eigenvalue weighted by Crippen LogP contribution is -1.87. The molecular formula is C18H11NO2. The highest BCUT2D eigenvalue weighted by Gasteiger charge is 2.09. The second-order valence-electron chi connectivity index (χ2n) is 4.91. The van der Waals surface area contributed by atoms with Crippen LogP contribution in [0.2, 0.25) is 0 Å². The fraction of sp³-hybridized carbons (Fsp3) is 0. The van der Waals surface area contributed by atoms with Crippen LogP contribution < -0.4 is 0 Å². The summed E-state index contributed by atoms with van der Waals surface area (Å²) in [4.78, 5) is 15.4. The quantitative estimate of drug-likeness (QED) is 0.508. The second kappa shape index (κ2) is 4.56.